The lowest BCUT2D eigenvalue weighted by molar-refractivity contribution is -0.131. The zero-order valence-corrected chi connectivity index (χ0v) is 13.9. The van der Waals surface area contributed by atoms with Crippen molar-refractivity contribution in [3.8, 4) is 5.75 Å². The molecule has 7 heteroatoms. The Morgan fingerprint density at radius 1 is 1.33 bits per heavy atom. The normalized spacial score (nSPS) is 21.0. The summed E-state index contributed by atoms with van der Waals surface area (Å²) in [5.41, 5.74) is 1.73. The third kappa shape index (κ3) is 4.24. The minimum atomic E-state index is -0.549. The quantitative estimate of drug-likeness (QED) is 0.827. The van der Waals surface area contributed by atoms with Crippen LogP contribution in [0.1, 0.15) is 12.0 Å². The topological polar surface area (TPSA) is 72.4 Å². The zero-order valence-electron chi connectivity index (χ0n) is 13.9. The summed E-state index contributed by atoms with van der Waals surface area (Å²) in [6, 6.07) is 7.57. The van der Waals surface area contributed by atoms with E-state index in [0.717, 1.165) is 49.9 Å². The molecule has 1 atom stereocenters. The van der Waals surface area contributed by atoms with Gasteiger partial charge in [0.25, 0.3) is 5.91 Å². The lowest BCUT2D eigenvalue weighted by Gasteiger charge is -2.26. The van der Waals surface area contributed by atoms with Crippen molar-refractivity contribution in [3.05, 3.63) is 29.8 Å². The highest BCUT2D eigenvalue weighted by Crippen LogP contribution is 2.19. The maximum absolute atomic E-state index is 12.2. The number of oxime groups is 1. The zero-order chi connectivity index (χ0) is 16.8. The molecular formula is C17H23N3O4. The van der Waals surface area contributed by atoms with Crippen LogP contribution in [-0.2, 0) is 14.4 Å². The van der Waals surface area contributed by atoms with Crippen LogP contribution in [0.5, 0.6) is 5.75 Å². The number of ether oxygens (including phenoxy) is 2. The lowest BCUT2D eigenvalue weighted by atomic mass is 10.0. The molecule has 1 aromatic rings. The molecule has 0 unspecified atom stereocenters. The predicted molar refractivity (Wildman–Crippen MR) is 89.3 cm³/mol. The highest BCUT2D eigenvalue weighted by atomic mass is 16.6. The fourth-order valence-electron chi connectivity index (χ4n) is 2.75. The molecule has 1 fully saturated rings. The molecular weight excluding hydrogens is 310 g/mol. The molecule has 0 saturated carbocycles. The monoisotopic (exact) mass is 333 g/mol. The summed E-state index contributed by atoms with van der Waals surface area (Å²) in [6.07, 6.45) is -0.0674. The van der Waals surface area contributed by atoms with Crippen LogP contribution < -0.4 is 10.1 Å². The number of amides is 1. The summed E-state index contributed by atoms with van der Waals surface area (Å²) in [7, 11) is 1.63. The summed E-state index contributed by atoms with van der Waals surface area (Å²) >= 11 is 0. The maximum Gasteiger partial charge on any atom is 0.264 e. The number of rotatable bonds is 6. The van der Waals surface area contributed by atoms with E-state index in [9.17, 15) is 4.79 Å². The number of carbonyl (C=O) groups is 1. The van der Waals surface area contributed by atoms with E-state index in [1.54, 1.807) is 7.11 Å². The first-order valence-corrected chi connectivity index (χ1v) is 8.21. The number of carbonyl (C=O) groups excluding carboxylic acids is 1. The molecule has 0 radical (unpaired) electrons. The van der Waals surface area contributed by atoms with Crippen LogP contribution >= 0.6 is 0 Å². The molecule has 1 amide bonds. The van der Waals surface area contributed by atoms with Crippen LogP contribution in [0.25, 0.3) is 0 Å². The number of hydrogen-bond acceptors (Lipinski definition) is 6. The van der Waals surface area contributed by atoms with Crippen LogP contribution in [0, 0.1) is 0 Å². The van der Waals surface area contributed by atoms with E-state index in [2.05, 4.69) is 15.4 Å². The van der Waals surface area contributed by atoms with Crippen molar-refractivity contribution in [1.29, 1.82) is 0 Å². The second kappa shape index (κ2) is 8.12. The van der Waals surface area contributed by atoms with Gasteiger partial charge in [0.1, 0.15) is 5.75 Å². The van der Waals surface area contributed by atoms with Crippen LogP contribution in [0.15, 0.2) is 29.4 Å². The number of methoxy groups -OCH3 is 1. The first-order chi connectivity index (χ1) is 11.8. The number of nitrogens with zero attached hydrogens (tertiary/aromatic N) is 2. The molecule has 3 rings (SSSR count). The maximum atomic E-state index is 12.2. The SMILES string of the molecule is COc1ccc(C2=NO[C@H](C(=O)NCCN3CCOCC3)C2)cc1. The van der Waals surface area contributed by atoms with Crippen LogP contribution in [0.3, 0.4) is 0 Å². The van der Waals surface area contributed by atoms with E-state index < -0.39 is 6.10 Å². The first kappa shape index (κ1) is 16.7. The van der Waals surface area contributed by atoms with E-state index in [1.807, 2.05) is 24.3 Å². The molecule has 1 saturated heterocycles. The summed E-state index contributed by atoms with van der Waals surface area (Å²) in [4.78, 5) is 19.8. The number of morpholine rings is 1. The van der Waals surface area contributed by atoms with Crippen molar-refractivity contribution >= 4 is 11.6 Å². The van der Waals surface area contributed by atoms with Crippen molar-refractivity contribution in [2.75, 3.05) is 46.5 Å². The second-order valence-electron chi connectivity index (χ2n) is 5.81. The Morgan fingerprint density at radius 3 is 2.79 bits per heavy atom. The standard InChI is InChI=1S/C17H23N3O4/c1-22-14-4-2-13(3-5-14)15-12-16(24-19-15)17(21)18-6-7-20-8-10-23-11-9-20/h2-5,16H,6-12H2,1H3,(H,18,21)/t16-/m0/s1. The van der Waals surface area contributed by atoms with Crippen LogP contribution in [0.2, 0.25) is 0 Å². The number of nitrogens with one attached hydrogen (secondary N) is 1. The molecule has 0 spiro atoms. The Hall–Kier alpha value is -2.12. The molecule has 0 bridgehead atoms. The molecule has 1 aromatic carbocycles. The van der Waals surface area contributed by atoms with Gasteiger partial charge in [-0.2, -0.15) is 0 Å². The van der Waals surface area contributed by atoms with E-state index in [4.69, 9.17) is 14.3 Å². The van der Waals surface area contributed by atoms with Crippen LogP contribution in [0.4, 0.5) is 0 Å². The summed E-state index contributed by atoms with van der Waals surface area (Å²) in [5.74, 6) is 0.672. The average Bonchev–Trinajstić information content (AvgIpc) is 3.13. The largest absolute Gasteiger partial charge is 0.497 e. The average molecular weight is 333 g/mol. The van der Waals surface area contributed by atoms with Crippen molar-refractivity contribution in [2.24, 2.45) is 5.16 Å². The molecule has 0 aliphatic carbocycles. The molecule has 2 aliphatic heterocycles. The predicted octanol–water partition coefficient (Wildman–Crippen LogP) is 0.637. The first-order valence-electron chi connectivity index (χ1n) is 8.21. The Kier molecular flexibility index (Phi) is 5.66. The van der Waals surface area contributed by atoms with Gasteiger partial charge in [-0.05, 0) is 29.8 Å². The second-order valence-corrected chi connectivity index (χ2v) is 5.81. The fraction of sp³-hybridized carbons (Fsp3) is 0.529. The third-order valence-electron chi connectivity index (χ3n) is 4.22. The van der Waals surface area contributed by atoms with Gasteiger partial charge in [0.15, 0.2) is 0 Å². The lowest BCUT2D eigenvalue weighted by Crippen LogP contribution is -2.43. The van der Waals surface area contributed by atoms with Gasteiger partial charge in [0.05, 0.1) is 26.0 Å². The van der Waals surface area contributed by atoms with Gasteiger partial charge in [-0.25, -0.2) is 0 Å². The molecule has 24 heavy (non-hydrogen) atoms. The minimum absolute atomic E-state index is 0.115. The molecule has 0 aromatic heterocycles. The number of hydrogen-bond donors (Lipinski definition) is 1. The Balaban J connectivity index is 1.42. The van der Waals surface area contributed by atoms with Gasteiger partial charge in [0.2, 0.25) is 6.10 Å². The minimum Gasteiger partial charge on any atom is -0.497 e. The Labute approximate surface area is 141 Å². The van der Waals surface area contributed by atoms with Gasteiger partial charge in [-0.15, -0.1) is 0 Å². The van der Waals surface area contributed by atoms with Gasteiger partial charge in [0, 0.05) is 32.6 Å². The molecule has 2 aliphatic rings. The number of benzene rings is 1. The molecule has 130 valence electrons. The van der Waals surface area contributed by atoms with E-state index in [-0.39, 0.29) is 5.91 Å². The van der Waals surface area contributed by atoms with Gasteiger partial charge in [-0.3, -0.25) is 9.69 Å². The van der Waals surface area contributed by atoms with Gasteiger partial charge >= 0.3 is 0 Å². The van der Waals surface area contributed by atoms with Crippen molar-refractivity contribution in [2.45, 2.75) is 12.5 Å². The molecule has 2 heterocycles. The van der Waals surface area contributed by atoms with Gasteiger partial charge < -0.3 is 19.6 Å². The molecule has 1 N–H and O–H groups in total. The molecule has 7 nitrogen and oxygen atoms in total. The fourth-order valence-corrected chi connectivity index (χ4v) is 2.75. The van der Waals surface area contributed by atoms with E-state index >= 15 is 0 Å². The summed E-state index contributed by atoms with van der Waals surface area (Å²) < 4.78 is 10.4. The third-order valence-corrected chi connectivity index (χ3v) is 4.22. The Bertz CT molecular complexity index is 582. The van der Waals surface area contributed by atoms with Crippen molar-refractivity contribution in [3.63, 3.8) is 0 Å². The van der Waals surface area contributed by atoms with E-state index in [1.165, 1.54) is 0 Å². The van der Waals surface area contributed by atoms with Crippen molar-refractivity contribution in [1.82, 2.24) is 10.2 Å². The van der Waals surface area contributed by atoms with Gasteiger partial charge in [-0.1, -0.05) is 5.16 Å². The highest BCUT2D eigenvalue weighted by molar-refractivity contribution is 6.04. The van der Waals surface area contributed by atoms with Crippen LogP contribution in [-0.4, -0.2) is 69.1 Å². The summed E-state index contributed by atoms with van der Waals surface area (Å²) in [6.45, 7) is 4.79. The smallest absolute Gasteiger partial charge is 0.264 e. The highest BCUT2D eigenvalue weighted by Gasteiger charge is 2.28. The summed E-state index contributed by atoms with van der Waals surface area (Å²) in [5, 5.41) is 6.97. The van der Waals surface area contributed by atoms with E-state index in [0.29, 0.717) is 13.0 Å². The Morgan fingerprint density at radius 2 is 2.08 bits per heavy atom. The van der Waals surface area contributed by atoms with Crippen molar-refractivity contribution < 1.29 is 19.1 Å².